The van der Waals surface area contributed by atoms with Crippen LogP contribution in [0.2, 0.25) is 0 Å². The zero-order chi connectivity index (χ0) is 27.9. The average Bonchev–Trinajstić information content (AvgIpc) is 2.87. The van der Waals surface area contributed by atoms with E-state index >= 15 is 0 Å². The molecule has 1 atom stereocenters. The number of aryl methyl sites for hydroxylation is 2. The SMILES string of the molecule is Cc1ccc(C)c(N(CCCC(=O)N(Cc2ccc(F)cc2)C(C)C(=O)NC2CCCCC2)S(C)(=O)=O)c1. The molecule has 7 nitrogen and oxygen atoms in total. The number of nitrogens with zero attached hydrogens (tertiary/aromatic N) is 2. The number of sulfonamides is 1. The molecule has 0 saturated heterocycles. The molecule has 208 valence electrons. The highest BCUT2D eigenvalue weighted by Gasteiger charge is 2.28. The molecule has 1 aliphatic rings. The van der Waals surface area contributed by atoms with Gasteiger partial charge in [0.05, 0.1) is 11.9 Å². The Morgan fingerprint density at radius 2 is 1.71 bits per heavy atom. The van der Waals surface area contributed by atoms with Crippen LogP contribution in [0.25, 0.3) is 0 Å². The third-order valence-electron chi connectivity index (χ3n) is 7.17. The topological polar surface area (TPSA) is 86.8 Å². The Bertz CT molecular complexity index is 1210. The molecule has 0 radical (unpaired) electrons. The van der Waals surface area contributed by atoms with Crippen molar-refractivity contribution in [3.63, 3.8) is 0 Å². The number of carbonyl (C=O) groups excluding carboxylic acids is 2. The van der Waals surface area contributed by atoms with Gasteiger partial charge in [0.2, 0.25) is 21.8 Å². The average molecular weight is 546 g/mol. The van der Waals surface area contributed by atoms with Gasteiger partial charge in [0.1, 0.15) is 11.9 Å². The maximum Gasteiger partial charge on any atom is 0.242 e. The van der Waals surface area contributed by atoms with Crippen LogP contribution in [0.5, 0.6) is 0 Å². The fourth-order valence-corrected chi connectivity index (χ4v) is 5.92. The Balaban J connectivity index is 1.73. The molecule has 1 N–H and O–H groups in total. The Morgan fingerprint density at radius 3 is 2.34 bits per heavy atom. The predicted octanol–water partition coefficient (Wildman–Crippen LogP) is 4.85. The van der Waals surface area contributed by atoms with Crippen LogP contribution in [0.1, 0.15) is 68.6 Å². The Labute approximate surface area is 226 Å². The molecule has 2 aromatic rings. The molecule has 0 aromatic heterocycles. The van der Waals surface area contributed by atoms with Crippen LogP contribution in [0.15, 0.2) is 42.5 Å². The van der Waals surface area contributed by atoms with Gasteiger partial charge in [-0.05, 0) is 74.9 Å². The van der Waals surface area contributed by atoms with Crippen LogP contribution in [0.4, 0.5) is 10.1 Å². The third-order valence-corrected chi connectivity index (χ3v) is 8.35. The van der Waals surface area contributed by atoms with E-state index in [9.17, 15) is 22.4 Å². The Hall–Kier alpha value is -2.94. The molecule has 0 spiro atoms. The largest absolute Gasteiger partial charge is 0.352 e. The molecular formula is C29H40FN3O4S. The van der Waals surface area contributed by atoms with E-state index in [2.05, 4.69) is 5.32 Å². The Morgan fingerprint density at radius 1 is 1.05 bits per heavy atom. The number of nitrogens with one attached hydrogen (secondary N) is 1. The molecule has 38 heavy (non-hydrogen) atoms. The lowest BCUT2D eigenvalue weighted by atomic mass is 9.95. The second kappa shape index (κ2) is 13.2. The van der Waals surface area contributed by atoms with Crippen molar-refractivity contribution in [2.45, 2.75) is 84.3 Å². The smallest absolute Gasteiger partial charge is 0.242 e. The molecule has 0 bridgehead atoms. The van der Waals surface area contributed by atoms with E-state index in [4.69, 9.17) is 0 Å². The molecule has 0 heterocycles. The minimum absolute atomic E-state index is 0.0686. The normalized spacial score (nSPS) is 15.1. The molecule has 9 heteroatoms. The van der Waals surface area contributed by atoms with Crippen LogP contribution >= 0.6 is 0 Å². The van der Waals surface area contributed by atoms with E-state index in [-0.39, 0.29) is 49.6 Å². The zero-order valence-electron chi connectivity index (χ0n) is 22.9. The maximum atomic E-state index is 13.5. The van der Waals surface area contributed by atoms with Crippen molar-refractivity contribution in [1.82, 2.24) is 10.2 Å². The molecule has 1 saturated carbocycles. The summed E-state index contributed by atoms with van der Waals surface area (Å²) in [6.45, 7) is 5.76. The molecule has 3 rings (SSSR count). The standard InChI is InChI=1S/C29H40FN3O4S/c1-21-12-13-22(2)27(19-21)33(38(4,36)37)18-8-11-28(34)32(20-24-14-16-25(30)17-15-24)23(3)29(35)31-26-9-6-5-7-10-26/h12-17,19,23,26H,5-11,18,20H2,1-4H3,(H,31,35). The van der Waals surface area contributed by atoms with E-state index in [0.717, 1.165) is 43.1 Å². The second-order valence-corrected chi connectivity index (χ2v) is 12.3. The van der Waals surface area contributed by atoms with E-state index in [1.54, 1.807) is 19.1 Å². The highest BCUT2D eigenvalue weighted by atomic mass is 32.2. The van der Waals surface area contributed by atoms with Gasteiger partial charge in [-0.3, -0.25) is 13.9 Å². The lowest BCUT2D eigenvalue weighted by Gasteiger charge is -2.31. The van der Waals surface area contributed by atoms with Crippen molar-refractivity contribution in [1.29, 1.82) is 0 Å². The van der Waals surface area contributed by atoms with Crippen molar-refractivity contribution in [2.24, 2.45) is 0 Å². The number of rotatable bonds is 11. The van der Waals surface area contributed by atoms with Gasteiger partial charge in [-0.2, -0.15) is 0 Å². The summed E-state index contributed by atoms with van der Waals surface area (Å²) in [4.78, 5) is 28.1. The molecule has 1 fully saturated rings. The van der Waals surface area contributed by atoms with E-state index < -0.39 is 16.1 Å². The number of hydrogen-bond acceptors (Lipinski definition) is 4. The number of amides is 2. The fraction of sp³-hybridized carbons (Fsp3) is 0.517. The van der Waals surface area contributed by atoms with Gasteiger partial charge < -0.3 is 10.2 Å². The molecule has 2 amide bonds. The molecule has 0 aliphatic heterocycles. The number of benzene rings is 2. The van der Waals surface area contributed by atoms with Crippen molar-refractivity contribution in [3.8, 4) is 0 Å². The lowest BCUT2D eigenvalue weighted by Crippen LogP contribution is -2.50. The van der Waals surface area contributed by atoms with Crippen LogP contribution in [0, 0.1) is 19.7 Å². The van der Waals surface area contributed by atoms with Crippen molar-refractivity contribution in [2.75, 3.05) is 17.1 Å². The highest BCUT2D eigenvalue weighted by molar-refractivity contribution is 7.92. The first-order valence-corrected chi connectivity index (χ1v) is 15.2. The summed E-state index contributed by atoms with van der Waals surface area (Å²) >= 11 is 0. The minimum Gasteiger partial charge on any atom is -0.352 e. The first kappa shape index (κ1) is 29.6. The van der Waals surface area contributed by atoms with Crippen molar-refractivity contribution < 1.29 is 22.4 Å². The van der Waals surface area contributed by atoms with Crippen molar-refractivity contribution in [3.05, 3.63) is 65.0 Å². The van der Waals surface area contributed by atoms with Crippen LogP contribution in [-0.4, -0.2) is 50.0 Å². The second-order valence-electron chi connectivity index (χ2n) is 10.4. The van der Waals surface area contributed by atoms with Gasteiger partial charge in [0, 0.05) is 25.6 Å². The predicted molar refractivity (Wildman–Crippen MR) is 149 cm³/mol. The summed E-state index contributed by atoms with van der Waals surface area (Å²) in [5, 5.41) is 3.10. The number of anilines is 1. The summed E-state index contributed by atoms with van der Waals surface area (Å²) in [5.74, 6) is -0.836. The monoisotopic (exact) mass is 545 g/mol. The Kier molecular flexibility index (Phi) is 10.3. The summed E-state index contributed by atoms with van der Waals surface area (Å²) in [7, 11) is -3.57. The fourth-order valence-electron chi connectivity index (χ4n) is 4.91. The lowest BCUT2D eigenvalue weighted by molar-refractivity contribution is -0.141. The van der Waals surface area contributed by atoms with Gasteiger partial charge in [-0.15, -0.1) is 0 Å². The van der Waals surface area contributed by atoms with Gasteiger partial charge in [-0.1, -0.05) is 43.5 Å². The zero-order valence-corrected chi connectivity index (χ0v) is 23.7. The van der Waals surface area contributed by atoms with Crippen LogP contribution < -0.4 is 9.62 Å². The van der Waals surface area contributed by atoms with Crippen molar-refractivity contribution >= 4 is 27.5 Å². The number of halogens is 1. The minimum atomic E-state index is -3.57. The molecular weight excluding hydrogens is 505 g/mol. The van der Waals surface area contributed by atoms with Crippen LogP contribution in [-0.2, 0) is 26.2 Å². The van der Waals surface area contributed by atoms with Gasteiger partial charge in [0.25, 0.3) is 0 Å². The van der Waals surface area contributed by atoms with Gasteiger partial charge in [0.15, 0.2) is 0 Å². The van der Waals surface area contributed by atoms with E-state index in [1.165, 1.54) is 27.8 Å². The summed E-state index contributed by atoms with van der Waals surface area (Å²) in [6.07, 6.45) is 6.71. The van der Waals surface area contributed by atoms with E-state index in [1.807, 2.05) is 32.0 Å². The first-order valence-electron chi connectivity index (χ1n) is 13.3. The first-order chi connectivity index (χ1) is 18.0. The summed E-state index contributed by atoms with van der Waals surface area (Å²) in [6, 6.07) is 10.9. The maximum absolute atomic E-state index is 13.5. The molecule has 2 aromatic carbocycles. The third kappa shape index (κ3) is 8.28. The summed E-state index contributed by atoms with van der Waals surface area (Å²) < 4.78 is 40.0. The van der Waals surface area contributed by atoms with E-state index in [0.29, 0.717) is 11.3 Å². The summed E-state index contributed by atoms with van der Waals surface area (Å²) in [5.41, 5.74) is 3.09. The highest BCUT2D eigenvalue weighted by Crippen LogP contribution is 2.25. The van der Waals surface area contributed by atoms with Crippen LogP contribution in [0.3, 0.4) is 0 Å². The molecule has 1 unspecified atom stereocenters. The van der Waals surface area contributed by atoms with Gasteiger partial charge >= 0.3 is 0 Å². The number of carbonyl (C=O) groups is 2. The number of hydrogen-bond donors (Lipinski definition) is 1. The quantitative estimate of drug-likeness (QED) is 0.437. The molecule has 1 aliphatic carbocycles. The van der Waals surface area contributed by atoms with Gasteiger partial charge in [-0.25, -0.2) is 12.8 Å².